The zero-order chi connectivity index (χ0) is 13.8. The highest BCUT2D eigenvalue weighted by molar-refractivity contribution is 5.36. The van der Waals surface area contributed by atoms with E-state index < -0.39 is 6.10 Å². The van der Waals surface area contributed by atoms with Gasteiger partial charge in [0.05, 0.1) is 6.10 Å². The van der Waals surface area contributed by atoms with Gasteiger partial charge in [-0.25, -0.2) is 4.39 Å². The Kier molecular flexibility index (Phi) is 4.77. The standard InChI is InChI=1S/C15H22FNO2/c1-10(17)12-9-11(16)7-8-14(12)19-15-6-4-2-3-5-13(15)18/h7-10,13,15,18H,2-6,17H2,1H3. The fourth-order valence-corrected chi connectivity index (χ4v) is 2.54. The first kappa shape index (κ1) is 14.3. The molecule has 0 aromatic heterocycles. The van der Waals surface area contributed by atoms with Crippen LogP contribution < -0.4 is 10.5 Å². The van der Waals surface area contributed by atoms with Crippen molar-refractivity contribution < 1.29 is 14.2 Å². The molecule has 0 bridgehead atoms. The molecule has 19 heavy (non-hydrogen) atoms. The molecule has 1 aromatic rings. The summed E-state index contributed by atoms with van der Waals surface area (Å²) in [5.41, 5.74) is 6.49. The van der Waals surface area contributed by atoms with Gasteiger partial charge >= 0.3 is 0 Å². The number of hydrogen-bond donors (Lipinski definition) is 2. The van der Waals surface area contributed by atoms with Gasteiger partial charge in [-0.3, -0.25) is 0 Å². The van der Waals surface area contributed by atoms with Crippen molar-refractivity contribution >= 4 is 0 Å². The Labute approximate surface area is 113 Å². The van der Waals surface area contributed by atoms with Crippen LogP contribution in [0.3, 0.4) is 0 Å². The Morgan fingerprint density at radius 3 is 2.79 bits per heavy atom. The molecule has 1 saturated carbocycles. The maximum atomic E-state index is 13.3. The summed E-state index contributed by atoms with van der Waals surface area (Å²) in [7, 11) is 0. The first-order valence-electron chi connectivity index (χ1n) is 6.97. The molecule has 4 heteroatoms. The molecular weight excluding hydrogens is 245 g/mol. The normalized spacial score (nSPS) is 25.7. The first-order valence-corrected chi connectivity index (χ1v) is 6.97. The maximum absolute atomic E-state index is 13.3. The van der Waals surface area contributed by atoms with E-state index in [1.807, 2.05) is 0 Å². The van der Waals surface area contributed by atoms with Crippen LogP contribution in [-0.4, -0.2) is 17.3 Å². The summed E-state index contributed by atoms with van der Waals surface area (Å²) >= 11 is 0. The molecular formula is C15H22FNO2. The van der Waals surface area contributed by atoms with E-state index in [2.05, 4.69) is 0 Å². The molecule has 0 spiro atoms. The molecule has 3 nitrogen and oxygen atoms in total. The fourth-order valence-electron chi connectivity index (χ4n) is 2.54. The summed E-state index contributed by atoms with van der Waals surface area (Å²) < 4.78 is 19.2. The predicted molar refractivity (Wildman–Crippen MR) is 72.5 cm³/mol. The number of rotatable bonds is 3. The Balaban J connectivity index is 2.17. The lowest BCUT2D eigenvalue weighted by Gasteiger charge is -2.24. The van der Waals surface area contributed by atoms with Crippen molar-refractivity contribution in [3.8, 4) is 5.75 Å². The predicted octanol–water partition coefficient (Wildman–Crippen LogP) is 2.92. The number of aliphatic hydroxyl groups is 1. The average Bonchev–Trinajstić information content (AvgIpc) is 2.57. The second-order valence-electron chi connectivity index (χ2n) is 5.33. The van der Waals surface area contributed by atoms with Gasteiger partial charge in [0.15, 0.2) is 0 Å². The third kappa shape index (κ3) is 3.67. The van der Waals surface area contributed by atoms with Gasteiger partial charge in [-0.2, -0.15) is 0 Å². The number of benzene rings is 1. The van der Waals surface area contributed by atoms with Crippen LogP contribution in [0.5, 0.6) is 5.75 Å². The SMILES string of the molecule is CC(N)c1cc(F)ccc1OC1CCCCCC1O. The van der Waals surface area contributed by atoms with E-state index in [-0.39, 0.29) is 18.0 Å². The molecule has 1 aliphatic rings. The van der Waals surface area contributed by atoms with Gasteiger partial charge < -0.3 is 15.6 Å². The van der Waals surface area contributed by atoms with Gasteiger partial charge in [-0.1, -0.05) is 12.8 Å². The van der Waals surface area contributed by atoms with Crippen LogP contribution in [0.25, 0.3) is 0 Å². The van der Waals surface area contributed by atoms with Crippen molar-refractivity contribution in [1.29, 1.82) is 0 Å². The molecule has 0 heterocycles. The Morgan fingerprint density at radius 1 is 1.32 bits per heavy atom. The molecule has 0 radical (unpaired) electrons. The molecule has 1 aromatic carbocycles. The molecule has 2 rings (SSSR count). The highest BCUT2D eigenvalue weighted by atomic mass is 19.1. The van der Waals surface area contributed by atoms with Gasteiger partial charge in [-0.15, -0.1) is 0 Å². The monoisotopic (exact) mass is 267 g/mol. The maximum Gasteiger partial charge on any atom is 0.124 e. The number of halogens is 1. The summed E-state index contributed by atoms with van der Waals surface area (Å²) in [5, 5.41) is 10.1. The van der Waals surface area contributed by atoms with E-state index in [9.17, 15) is 9.50 Å². The van der Waals surface area contributed by atoms with E-state index in [1.54, 1.807) is 13.0 Å². The largest absolute Gasteiger partial charge is 0.487 e. The van der Waals surface area contributed by atoms with E-state index in [1.165, 1.54) is 12.1 Å². The molecule has 0 amide bonds. The second kappa shape index (κ2) is 6.35. The van der Waals surface area contributed by atoms with Crippen LogP contribution in [0.4, 0.5) is 4.39 Å². The lowest BCUT2D eigenvalue weighted by atomic mass is 10.1. The third-order valence-electron chi connectivity index (χ3n) is 3.66. The topological polar surface area (TPSA) is 55.5 Å². The minimum absolute atomic E-state index is 0.217. The molecule has 0 saturated heterocycles. The smallest absolute Gasteiger partial charge is 0.124 e. The molecule has 3 unspecified atom stereocenters. The van der Waals surface area contributed by atoms with Crippen molar-refractivity contribution in [3.63, 3.8) is 0 Å². The molecule has 3 atom stereocenters. The zero-order valence-electron chi connectivity index (χ0n) is 11.3. The van der Waals surface area contributed by atoms with E-state index >= 15 is 0 Å². The molecule has 3 N–H and O–H groups in total. The van der Waals surface area contributed by atoms with Crippen molar-refractivity contribution in [1.82, 2.24) is 0 Å². The third-order valence-corrected chi connectivity index (χ3v) is 3.66. The minimum Gasteiger partial charge on any atom is -0.487 e. The van der Waals surface area contributed by atoms with E-state index in [4.69, 9.17) is 10.5 Å². The first-order chi connectivity index (χ1) is 9.08. The summed E-state index contributed by atoms with van der Waals surface area (Å²) in [6, 6.07) is 4.08. The number of hydrogen-bond acceptors (Lipinski definition) is 3. The van der Waals surface area contributed by atoms with Gasteiger partial charge in [-0.05, 0) is 44.4 Å². The van der Waals surface area contributed by atoms with Crippen molar-refractivity contribution in [2.75, 3.05) is 0 Å². The van der Waals surface area contributed by atoms with Crippen LogP contribution in [0.2, 0.25) is 0 Å². The molecule has 106 valence electrons. The van der Waals surface area contributed by atoms with Crippen LogP contribution in [-0.2, 0) is 0 Å². The van der Waals surface area contributed by atoms with E-state index in [0.29, 0.717) is 11.3 Å². The lowest BCUT2D eigenvalue weighted by molar-refractivity contribution is 0.0312. The average molecular weight is 267 g/mol. The Bertz CT molecular complexity index is 423. The molecule has 0 aliphatic heterocycles. The van der Waals surface area contributed by atoms with E-state index in [0.717, 1.165) is 32.1 Å². The summed E-state index contributed by atoms with van der Waals surface area (Å²) in [6.45, 7) is 1.80. The van der Waals surface area contributed by atoms with Gasteiger partial charge in [0, 0.05) is 11.6 Å². The van der Waals surface area contributed by atoms with Crippen LogP contribution in [0.1, 0.15) is 50.6 Å². The number of ether oxygens (including phenoxy) is 1. The van der Waals surface area contributed by atoms with Crippen molar-refractivity contribution in [2.24, 2.45) is 5.73 Å². The second-order valence-corrected chi connectivity index (χ2v) is 5.33. The zero-order valence-corrected chi connectivity index (χ0v) is 11.3. The van der Waals surface area contributed by atoms with Gasteiger partial charge in [0.25, 0.3) is 0 Å². The van der Waals surface area contributed by atoms with Crippen LogP contribution in [0.15, 0.2) is 18.2 Å². The minimum atomic E-state index is -0.450. The van der Waals surface area contributed by atoms with Crippen LogP contribution >= 0.6 is 0 Å². The number of aliphatic hydroxyl groups excluding tert-OH is 1. The van der Waals surface area contributed by atoms with Gasteiger partial charge in [0.2, 0.25) is 0 Å². The van der Waals surface area contributed by atoms with Crippen molar-refractivity contribution in [2.45, 2.75) is 57.3 Å². The molecule has 1 aliphatic carbocycles. The summed E-state index contributed by atoms with van der Waals surface area (Å²) in [6.07, 6.45) is 4.14. The quantitative estimate of drug-likeness (QED) is 0.828. The molecule has 1 fully saturated rings. The van der Waals surface area contributed by atoms with Gasteiger partial charge in [0.1, 0.15) is 17.7 Å². The highest BCUT2D eigenvalue weighted by Crippen LogP contribution is 2.29. The summed E-state index contributed by atoms with van der Waals surface area (Å²) in [4.78, 5) is 0. The number of nitrogens with two attached hydrogens (primary N) is 1. The van der Waals surface area contributed by atoms with Crippen LogP contribution in [0, 0.1) is 5.82 Å². The lowest BCUT2D eigenvalue weighted by Crippen LogP contribution is -2.31. The summed E-state index contributed by atoms with van der Waals surface area (Å²) in [5.74, 6) is 0.267. The Morgan fingerprint density at radius 2 is 2.05 bits per heavy atom. The fraction of sp³-hybridized carbons (Fsp3) is 0.600. The van der Waals surface area contributed by atoms with Crippen molar-refractivity contribution in [3.05, 3.63) is 29.6 Å². The Hall–Kier alpha value is -1.13. The highest BCUT2D eigenvalue weighted by Gasteiger charge is 2.24.